The largest absolute Gasteiger partial charge is 0.432 e. The van der Waals surface area contributed by atoms with E-state index in [-0.39, 0.29) is 22.9 Å². The number of furan rings is 1. The van der Waals surface area contributed by atoms with Gasteiger partial charge in [-0.05, 0) is 18.2 Å². The van der Waals surface area contributed by atoms with Crippen molar-refractivity contribution in [1.29, 1.82) is 0 Å². The lowest BCUT2D eigenvalue weighted by Gasteiger charge is -2.06. The fraction of sp³-hybridized carbons (Fsp3) is 0.0556. The normalized spacial score (nSPS) is 11.2. The van der Waals surface area contributed by atoms with E-state index in [1.807, 2.05) is 18.2 Å². The Bertz CT molecular complexity index is 1150. The van der Waals surface area contributed by atoms with Gasteiger partial charge in [0.2, 0.25) is 5.71 Å². The third-order valence-electron chi connectivity index (χ3n) is 3.92. The zero-order valence-corrected chi connectivity index (χ0v) is 15.7. The van der Waals surface area contributed by atoms with E-state index in [4.69, 9.17) is 33.4 Å². The number of ketones is 1. The van der Waals surface area contributed by atoms with Crippen molar-refractivity contribution in [2.45, 2.75) is 6.92 Å². The molecule has 4 aromatic heterocycles. The Morgan fingerprint density at radius 3 is 2.69 bits per heavy atom. The number of nitrogens with two attached hydrogens (primary N) is 1. The molecular weight excluding hydrogens is 393 g/mol. The number of nitrogen functional groups attached to an aromatic ring is 1. The summed E-state index contributed by atoms with van der Waals surface area (Å²) in [4.78, 5) is 20.5. The Morgan fingerprint density at radius 1 is 1.27 bits per heavy atom. The van der Waals surface area contributed by atoms with Crippen LogP contribution in [-0.2, 0) is 0 Å². The summed E-state index contributed by atoms with van der Waals surface area (Å²) in [6.07, 6.45) is 3.39. The van der Waals surface area contributed by atoms with Crippen LogP contribution in [0.5, 0.6) is 0 Å². The fourth-order valence-corrected chi connectivity index (χ4v) is 4.27. The molecule has 0 unspecified atom stereocenters. The molecule has 5 nitrogen and oxygen atoms in total. The Hall–Kier alpha value is -2.41. The topological polar surface area (TPSA) is 82.0 Å². The van der Waals surface area contributed by atoms with Crippen molar-refractivity contribution in [1.82, 2.24) is 9.97 Å². The Morgan fingerprint density at radius 2 is 2.08 bits per heavy atom. The molecule has 0 aliphatic rings. The number of Topliss-reactive ketones (excluding diaryl/α,β-unsaturated/α-hetero) is 1. The number of nitrogens with zero attached hydrogens (tertiary/aromatic N) is 2. The number of rotatable bonds is 3. The van der Waals surface area contributed by atoms with E-state index < -0.39 is 0 Å². The second kappa shape index (κ2) is 6.39. The van der Waals surface area contributed by atoms with Gasteiger partial charge in [-0.25, -0.2) is 4.98 Å². The maximum atomic E-state index is 11.8. The third-order valence-corrected chi connectivity index (χ3v) is 5.41. The summed E-state index contributed by atoms with van der Waals surface area (Å²) in [6, 6.07) is 7.30. The van der Waals surface area contributed by atoms with Crippen molar-refractivity contribution in [2.24, 2.45) is 0 Å². The van der Waals surface area contributed by atoms with Gasteiger partial charge in [0.05, 0.1) is 21.1 Å². The number of halogens is 2. The quantitative estimate of drug-likeness (QED) is 0.442. The van der Waals surface area contributed by atoms with E-state index >= 15 is 0 Å². The summed E-state index contributed by atoms with van der Waals surface area (Å²) < 4.78 is 6.73. The molecule has 4 rings (SSSR count). The molecule has 0 fully saturated rings. The molecule has 0 aromatic carbocycles. The summed E-state index contributed by atoms with van der Waals surface area (Å²) in [5.74, 6) is -0.181. The van der Waals surface area contributed by atoms with Gasteiger partial charge in [0, 0.05) is 36.0 Å². The number of aromatic nitrogens is 2. The number of carbonyl (C=O) groups is 1. The molecule has 0 amide bonds. The molecule has 2 N–H and O–H groups in total. The van der Waals surface area contributed by atoms with E-state index in [1.165, 1.54) is 18.3 Å². The second-order valence-corrected chi connectivity index (χ2v) is 7.90. The van der Waals surface area contributed by atoms with E-state index in [9.17, 15) is 4.79 Å². The summed E-state index contributed by atoms with van der Waals surface area (Å²) in [7, 11) is 0. The van der Waals surface area contributed by atoms with Gasteiger partial charge in [0.15, 0.2) is 11.5 Å². The fourth-order valence-electron chi connectivity index (χ4n) is 2.79. The number of thiophene rings is 1. The van der Waals surface area contributed by atoms with Gasteiger partial charge < -0.3 is 10.2 Å². The maximum Gasteiger partial charge on any atom is 0.230 e. The molecule has 0 radical (unpaired) electrons. The second-order valence-electron chi connectivity index (χ2n) is 5.62. The van der Waals surface area contributed by atoms with Crippen LogP contribution in [0.25, 0.3) is 33.5 Å². The minimum atomic E-state index is -0.268. The van der Waals surface area contributed by atoms with Gasteiger partial charge in [-0.3, -0.25) is 9.78 Å². The standard InChI is InChI=1S/C18H11Cl2N3O2S/c1-8(24)16-15(21)14-10(9-3-2-4-22-7-9)5-12(23-18(14)25-16)11-6-13(19)26-17(11)20/h2-7H,21H2,1H3. The average Bonchev–Trinajstić information content (AvgIpc) is 3.14. The number of hydrogen-bond donors (Lipinski definition) is 1. The van der Waals surface area contributed by atoms with Crippen LogP contribution in [-0.4, -0.2) is 15.8 Å². The summed E-state index contributed by atoms with van der Waals surface area (Å²) >= 11 is 13.6. The van der Waals surface area contributed by atoms with Gasteiger partial charge in [0.1, 0.15) is 4.34 Å². The number of carbonyl (C=O) groups excluding carboxylic acids is 1. The molecule has 0 aliphatic heterocycles. The molecule has 26 heavy (non-hydrogen) atoms. The number of fused-ring (bicyclic) bond motifs is 1. The van der Waals surface area contributed by atoms with Crippen LogP contribution in [0.15, 0.2) is 41.1 Å². The molecule has 0 bridgehead atoms. The van der Waals surface area contributed by atoms with E-state index in [1.54, 1.807) is 18.5 Å². The number of hydrogen-bond acceptors (Lipinski definition) is 6. The van der Waals surface area contributed by atoms with Crippen LogP contribution in [0.3, 0.4) is 0 Å². The first kappa shape index (κ1) is 17.0. The number of anilines is 1. The van der Waals surface area contributed by atoms with Gasteiger partial charge in [0.25, 0.3) is 0 Å². The molecule has 0 atom stereocenters. The SMILES string of the molecule is CC(=O)c1oc2nc(-c3cc(Cl)sc3Cl)cc(-c3cccnc3)c2c1N. The molecule has 0 saturated heterocycles. The van der Waals surface area contributed by atoms with E-state index in [0.29, 0.717) is 25.3 Å². The number of pyridine rings is 2. The highest BCUT2D eigenvalue weighted by Gasteiger charge is 2.22. The highest BCUT2D eigenvalue weighted by molar-refractivity contribution is 7.20. The van der Waals surface area contributed by atoms with Crippen molar-refractivity contribution >= 4 is 57.1 Å². The molecule has 0 saturated carbocycles. The first-order valence-electron chi connectivity index (χ1n) is 7.55. The maximum absolute atomic E-state index is 11.8. The van der Waals surface area contributed by atoms with Crippen LogP contribution in [0.4, 0.5) is 5.69 Å². The highest BCUT2D eigenvalue weighted by Crippen LogP contribution is 2.42. The summed E-state index contributed by atoms with van der Waals surface area (Å²) in [6.45, 7) is 1.40. The zero-order valence-electron chi connectivity index (χ0n) is 13.4. The van der Waals surface area contributed by atoms with Crippen molar-refractivity contribution < 1.29 is 9.21 Å². The molecule has 0 spiro atoms. The van der Waals surface area contributed by atoms with Crippen LogP contribution in [0.1, 0.15) is 17.5 Å². The first-order chi connectivity index (χ1) is 12.5. The minimum absolute atomic E-state index is 0.0873. The lowest BCUT2D eigenvalue weighted by molar-refractivity contribution is 0.0990. The van der Waals surface area contributed by atoms with Gasteiger partial charge in [-0.1, -0.05) is 29.3 Å². The van der Waals surface area contributed by atoms with Gasteiger partial charge >= 0.3 is 0 Å². The van der Waals surface area contributed by atoms with Crippen molar-refractivity contribution in [3.63, 3.8) is 0 Å². The van der Waals surface area contributed by atoms with Crippen LogP contribution in [0.2, 0.25) is 8.67 Å². The molecule has 0 aliphatic carbocycles. The van der Waals surface area contributed by atoms with Gasteiger partial charge in [-0.2, -0.15) is 0 Å². The van der Waals surface area contributed by atoms with Crippen molar-refractivity contribution in [3.05, 3.63) is 51.1 Å². The Kier molecular flexibility index (Phi) is 4.19. The lowest BCUT2D eigenvalue weighted by atomic mass is 10.0. The van der Waals surface area contributed by atoms with Crippen molar-refractivity contribution in [2.75, 3.05) is 5.73 Å². The van der Waals surface area contributed by atoms with E-state index in [0.717, 1.165) is 11.1 Å². The van der Waals surface area contributed by atoms with Gasteiger partial charge in [-0.15, -0.1) is 11.3 Å². The predicted molar refractivity (Wildman–Crippen MR) is 105 cm³/mol. The molecule has 130 valence electrons. The van der Waals surface area contributed by atoms with Crippen LogP contribution in [0, 0.1) is 0 Å². The molecule has 4 aromatic rings. The Labute approximate surface area is 162 Å². The average molecular weight is 404 g/mol. The lowest BCUT2D eigenvalue weighted by Crippen LogP contribution is -1.95. The predicted octanol–water partition coefficient (Wildman–Crippen LogP) is 5.71. The summed E-state index contributed by atoms with van der Waals surface area (Å²) in [5.41, 5.74) is 9.55. The van der Waals surface area contributed by atoms with Crippen molar-refractivity contribution in [3.8, 4) is 22.4 Å². The van der Waals surface area contributed by atoms with Crippen LogP contribution >= 0.6 is 34.5 Å². The first-order valence-corrected chi connectivity index (χ1v) is 9.12. The molecule has 8 heteroatoms. The van der Waals surface area contributed by atoms with E-state index in [2.05, 4.69) is 9.97 Å². The third kappa shape index (κ3) is 2.76. The zero-order chi connectivity index (χ0) is 18.4. The highest BCUT2D eigenvalue weighted by atomic mass is 35.5. The Balaban J connectivity index is 2.08. The monoisotopic (exact) mass is 403 g/mol. The molecule has 4 heterocycles. The summed E-state index contributed by atoms with van der Waals surface area (Å²) in [5, 5.41) is 0.574. The smallest absolute Gasteiger partial charge is 0.230 e. The minimum Gasteiger partial charge on any atom is -0.432 e. The molecular formula is C18H11Cl2N3O2S. The van der Waals surface area contributed by atoms with Crippen LogP contribution < -0.4 is 5.73 Å².